The van der Waals surface area contributed by atoms with Gasteiger partial charge in [-0.25, -0.2) is 0 Å². The first kappa shape index (κ1) is 8.83. The summed E-state index contributed by atoms with van der Waals surface area (Å²) in [5.41, 5.74) is 0. The molecule has 0 spiro atoms. The van der Waals surface area contributed by atoms with Crippen LogP contribution in [0.3, 0.4) is 0 Å². The summed E-state index contributed by atoms with van der Waals surface area (Å²) in [6.45, 7) is 0. The Kier molecular flexibility index (Phi) is 122. The van der Waals surface area contributed by atoms with Gasteiger partial charge in [-0.2, -0.15) is 0 Å². The van der Waals surface area contributed by atoms with E-state index in [1.54, 1.807) is 0 Å². The van der Waals surface area contributed by atoms with Crippen LogP contribution in [0.15, 0.2) is 0 Å². The van der Waals surface area contributed by atoms with Crippen molar-refractivity contribution in [2.45, 2.75) is 0 Å². The minimum atomic E-state index is 0.300. The molecule has 0 rings (SSSR count). The van der Waals surface area contributed by atoms with Gasteiger partial charge in [-0.3, -0.25) is 4.57 Å². The van der Waals surface area contributed by atoms with Gasteiger partial charge >= 0.3 is 25.6 Å². The molecule has 3 radical (unpaired) electrons. The first-order valence-electron chi connectivity index (χ1n) is 0.387. The fourth-order valence-electron chi connectivity index (χ4n) is 0. The van der Waals surface area contributed by atoms with Crippen molar-refractivity contribution in [3.05, 3.63) is 0 Å². The molecule has 0 atom stereocenters. The predicted octanol–water partition coefficient (Wildman–Crippen LogP) is 0.243. The van der Waals surface area contributed by atoms with Gasteiger partial charge in [0.1, 0.15) is 0 Å². The van der Waals surface area contributed by atoms with Gasteiger partial charge in [-0.1, -0.05) is 0 Å². The van der Waals surface area contributed by atoms with E-state index in [9.17, 15) is 0 Å². The molecule has 0 aromatic carbocycles. The Morgan fingerprint density at radius 2 is 1.25 bits per heavy atom. The molecule has 0 amide bonds. The van der Waals surface area contributed by atoms with Crippen molar-refractivity contribution in [3.8, 4) is 0 Å². The summed E-state index contributed by atoms with van der Waals surface area (Å²) < 4.78 is 16.3. The second-order valence-electron chi connectivity index (χ2n) is 0. The van der Waals surface area contributed by atoms with Crippen LogP contribution in [0.5, 0.6) is 0 Å². The van der Waals surface area contributed by atoms with Crippen molar-refractivity contribution in [1.29, 1.82) is 0 Å². The van der Waals surface area contributed by atoms with Crippen molar-refractivity contribution in [2.75, 3.05) is 0 Å². The Bertz CT molecular complexity index is 8.00. The Hall–Kier alpha value is 0.699. The van der Waals surface area contributed by atoms with Crippen LogP contribution in [-0.2, 0) is 7.64 Å². The average Bonchev–Trinajstić information content (AvgIpc) is 1.50. The maximum absolute atomic E-state index is 8.34. The molecule has 0 aliphatic heterocycles. The van der Waals surface area contributed by atoms with E-state index in [2.05, 4.69) is 9.12 Å². The molecule has 0 aliphatic rings. The Labute approximate surface area is 39.7 Å². The third-order valence-corrected chi connectivity index (χ3v) is 0. The summed E-state index contributed by atoms with van der Waals surface area (Å²) >= 11 is 0.300. The normalized spacial score (nSPS) is 2.00. The number of rotatable bonds is 0. The van der Waals surface area contributed by atoms with E-state index in [4.69, 9.17) is 7.64 Å². The fourth-order valence-corrected chi connectivity index (χ4v) is 0. The van der Waals surface area contributed by atoms with E-state index in [1.165, 1.54) is 0 Å². The second kappa shape index (κ2) is 55.2. The molecule has 0 bridgehead atoms. The summed E-state index contributed by atoms with van der Waals surface area (Å²) in [5, 5.41) is 0. The van der Waals surface area contributed by atoms with Crippen molar-refractivity contribution < 1.29 is 7.64 Å². The Morgan fingerprint density at radius 3 is 1.25 bits per heavy atom. The third kappa shape index (κ3) is 16.0. The van der Waals surface area contributed by atoms with Crippen LogP contribution >= 0.6 is 9.12 Å². The van der Waals surface area contributed by atoms with Crippen molar-refractivity contribution in [3.63, 3.8) is 0 Å². The molecule has 21 valence electrons. The second-order valence-corrected chi connectivity index (χ2v) is 0. The molecule has 0 fully saturated rings. The van der Waals surface area contributed by atoms with Crippen molar-refractivity contribution in [2.24, 2.45) is 0 Å². The van der Waals surface area contributed by atoms with Gasteiger partial charge in [0.25, 0.3) is 9.12 Å². The predicted molar refractivity (Wildman–Crippen MR) is 14.0 cm³/mol. The van der Waals surface area contributed by atoms with Gasteiger partial charge in [-0.05, 0) is 0 Å². The number of hydrogen-bond acceptors (Lipinski definition) is 2. The van der Waals surface area contributed by atoms with E-state index in [0.717, 1.165) is 0 Å². The van der Waals surface area contributed by atoms with Crippen LogP contribution < -0.4 is 0 Å². The summed E-state index contributed by atoms with van der Waals surface area (Å²) in [6, 6.07) is 0. The molecular weight excluding hydrogens is 182 g/mol. The zero-order chi connectivity index (χ0) is 4.00. The van der Waals surface area contributed by atoms with E-state index in [1.807, 2.05) is 0 Å². The van der Waals surface area contributed by atoms with Crippen LogP contribution in [0.1, 0.15) is 0 Å². The van der Waals surface area contributed by atoms with E-state index >= 15 is 0 Å². The van der Waals surface area contributed by atoms with Gasteiger partial charge in [0, 0.05) is 0 Å². The van der Waals surface area contributed by atoms with Crippen LogP contribution in [0.2, 0.25) is 0 Å². The molecule has 0 aliphatic carbocycles. The summed E-state index contributed by atoms with van der Waals surface area (Å²) in [6.07, 6.45) is 0. The minimum absolute atomic E-state index is 0.300. The van der Waals surface area contributed by atoms with E-state index < -0.39 is 0 Å². The molecule has 2 nitrogen and oxygen atoms in total. The monoisotopic (exact) mass is 183 g/mol. The van der Waals surface area contributed by atoms with Crippen LogP contribution in [0.4, 0.5) is 0 Å². The maximum atomic E-state index is 8.34. The fraction of sp³-hybridized carbons (Fsp3) is 0. The zero-order valence-electron chi connectivity index (χ0n) is 1.76. The quantitative estimate of drug-likeness (QED) is 0.397. The summed E-state index contributed by atoms with van der Waals surface area (Å²) in [4.78, 5) is 0. The molecule has 4 heavy (non-hydrogen) atoms. The van der Waals surface area contributed by atoms with Gasteiger partial charge in [0.15, 0.2) is 0 Å². The number of hydrogen-bond donors (Lipinski definition) is 0. The van der Waals surface area contributed by atoms with Crippen LogP contribution in [0.25, 0.3) is 0 Å². The van der Waals surface area contributed by atoms with E-state index in [-0.39, 0.29) is 0 Å². The molecule has 0 unspecified atom stereocenters. The van der Waals surface area contributed by atoms with Gasteiger partial charge in [0.2, 0.25) is 0 Å². The molecule has 0 N–H and O–H groups in total. The molecule has 0 aromatic heterocycles. The molecular formula is O2PSn. The van der Waals surface area contributed by atoms with Gasteiger partial charge in [0.05, 0.1) is 0 Å². The SMILES string of the molecule is O=[P].[O]=[Sn]. The van der Waals surface area contributed by atoms with Gasteiger partial charge < -0.3 is 0 Å². The standard InChI is InChI=1S/OP.O.Sn/c1-2;;. The third-order valence-electron chi connectivity index (χ3n) is 0. The molecule has 0 aromatic rings. The first-order valence-corrected chi connectivity index (χ1v) is 1.92. The molecule has 0 saturated carbocycles. The van der Waals surface area contributed by atoms with Crippen molar-refractivity contribution >= 4 is 31.6 Å². The Morgan fingerprint density at radius 1 is 1.25 bits per heavy atom. The molecule has 0 heterocycles. The van der Waals surface area contributed by atoms with E-state index in [0.29, 0.717) is 22.5 Å². The Balaban J connectivity index is 0. The zero-order valence-corrected chi connectivity index (χ0v) is 5.51. The average molecular weight is 182 g/mol. The van der Waals surface area contributed by atoms with Crippen LogP contribution in [0, 0.1) is 0 Å². The first-order chi connectivity index (χ1) is 2.00. The molecule has 4 heteroatoms. The topological polar surface area (TPSA) is 34.1 Å². The molecule has 0 saturated heterocycles. The summed E-state index contributed by atoms with van der Waals surface area (Å²) in [7, 11) is 2.28. The van der Waals surface area contributed by atoms with Crippen LogP contribution in [-0.4, -0.2) is 22.5 Å². The van der Waals surface area contributed by atoms with Crippen molar-refractivity contribution in [1.82, 2.24) is 0 Å². The van der Waals surface area contributed by atoms with Gasteiger partial charge in [-0.15, -0.1) is 0 Å². The summed E-state index contributed by atoms with van der Waals surface area (Å²) in [5.74, 6) is 0.